The van der Waals surface area contributed by atoms with Crippen LogP contribution in [-0.4, -0.2) is 55.3 Å². The van der Waals surface area contributed by atoms with Gasteiger partial charge in [-0.2, -0.15) is 0 Å². The lowest BCUT2D eigenvalue weighted by Gasteiger charge is -2.25. The average Bonchev–Trinajstić information content (AvgIpc) is 3.19. The molecule has 2 aromatic carbocycles. The first kappa shape index (κ1) is 21.6. The predicted octanol–water partition coefficient (Wildman–Crippen LogP) is 5.02. The maximum absolute atomic E-state index is 13.6. The van der Waals surface area contributed by atoms with E-state index in [9.17, 15) is 4.79 Å². The maximum Gasteiger partial charge on any atom is 0.261 e. The van der Waals surface area contributed by atoms with E-state index in [4.69, 9.17) is 9.72 Å². The van der Waals surface area contributed by atoms with Gasteiger partial charge in [0.1, 0.15) is 5.75 Å². The Kier molecular flexibility index (Phi) is 7.52. The van der Waals surface area contributed by atoms with E-state index in [0.29, 0.717) is 6.54 Å². The lowest BCUT2D eigenvalue weighted by molar-refractivity contribution is 0.0981. The number of methoxy groups -OCH3 is 1. The molecule has 29 heavy (non-hydrogen) atoms. The summed E-state index contributed by atoms with van der Waals surface area (Å²) in [6.07, 6.45) is 2.00. The Morgan fingerprint density at radius 1 is 1.14 bits per heavy atom. The number of ether oxygens (including phenoxy) is 1. The van der Waals surface area contributed by atoms with Crippen LogP contribution in [0.2, 0.25) is 0 Å². The Hall–Kier alpha value is -2.09. The van der Waals surface area contributed by atoms with E-state index in [-0.39, 0.29) is 5.91 Å². The monoisotopic (exact) mass is 429 g/mol. The fourth-order valence-electron chi connectivity index (χ4n) is 3.17. The first-order valence-electron chi connectivity index (χ1n) is 9.73. The Labute approximate surface area is 180 Å². The van der Waals surface area contributed by atoms with Gasteiger partial charge in [0.2, 0.25) is 0 Å². The molecule has 1 amide bonds. The number of carbonyl (C=O) groups excluding carboxylic acids is 1. The minimum Gasteiger partial charge on any atom is -0.497 e. The zero-order valence-electron chi connectivity index (χ0n) is 17.3. The second kappa shape index (κ2) is 10.1. The molecule has 0 saturated heterocycles. The Bertz CT molecular complexity index is 970. The Balaban J connectivity index is 1.99. The zero-order valence-corrected chi connectivity index (χ0v) is 19.0. The van der Waals surface area contributed by atoms with E-state index in [1.54, 1.807) is 18.9 Å². The van der Waals surface area contributed by atoms with Crippen LogP contribution in [-0.2, 0) is 0 Å². The number of thiazole rings is 1. The molecule has 0 N–H and O–H groups in total. The molecule has 0 bridgehead atoms. The Morgan fingerprint density at radius 3 is 2.59 bits per heavy atom. The smallest absolute Gasteiger partial charge is 0.261 e. The summed E-state index contributed by atoms with van der Waals surface area (Å²) < 4.78 is 6.35. The van der Waals surface area contributed by atoms with Gasteiger partial charge in [-0.15, -0.1) is 11.8 Å². The third-order valence-corrected chi connectivity index (χ3v) is 6.77. The van der Waals surface area contributed by atoms with Crippen molar-refractivity contribution in [3.63, 3.8) is 0 Å². The number of hydrogen-bond donors (Lipinski definition) is 0. The molecule has 1 aromatic heterocycles. The van der Waals surface area contributed by atoms with Gasteiger partial charge >= 0.3 is 0 Å². The van der Waals surface area contributed by atoms with Crippen LogP contribution in [0.5, 0.6) is 5.75 Å². The highest BCUT2D eigenvalue weighted by molar-refractivity contribution is 7.98. The van der Waals surface area contributed by atoms with Crippen molar-refractivity contribution in [2.45, 2.75) is 18.7 Å². The molecule has 0 atom stereocenters. The number of likely N-dealkylation sites (N-methyl/N-ethyl adjacent to an activating group) is 1. The number of nitrogens with zero attached hydrogens (tertiary/aromatic N) is 3. The van der Waals surface area contributed by atoms with Crippen molar-refractivity contribution < 1.29 is 9.53 Å². The summed E-state index contributed by atoms with van der Waals surface area (Å²) in [6, 6.07) is 13.6. The molecular formula is C22H27N3O2S2. The molecule has 0 radical (unpaired) electrons. The molecule has 1 heterocycles. The molecule has 0 aliphatic carbocycles. The van der Waals surface area contributed by atoms with Gasteiger partial charge in [-0.25, -0.2) is 4.98 Å². The molecule has 0 aliphatic rings. The van der Waals surface area contributed by atoms with Crippen molar-refractivity contribution in [3.05, 3.63) is 48.0 Å². The molecule has 154 valence electrons. The molecule has 5 nitrogen and oxygen atoms in total. The number of fused-ring (bicyclic) bond motifs is 1. The van der Waals surface area contributed by atoms with E-state index in [0.717, 1.165) is 51.2 Å². The van der Waals surface area contributed by atoms with E-state index < -0.39 is 0 Å². The maximum atomic E-state index is 13.6. The first-order chi connectivity index (χ1) is 14.1. The number of aromatic nitrogens is 1. The summed E-state index contributed by atoms with van der Waals surface area (Å²) in [6.45, 7) is 7.60. The van der Waals surface area contributed by atoms with Gasteiger partial charge < -0.3 is 9.64 Å². The third-order valence-electron chi connectivity index (χ3n) is 4.93. The molecule has 3 rings (SSSR count). The van der Waals surface area contributed by atoms with Crippen molar-refractivity contribution in [1.82, 2.24) is 9.88 Å². The summed E-state index contributed by atoms with van der Waals surface area (Å²) in [5.41, 5.74) is 1.60. The van der Waals surface area contributed by atoms with E-state index in [1.807, 2.05) is 53.6 Å². The van der Waals surface area contributed by atoms with Crippen molar-refractivity contribution in [2.24, 2.45) is 0 Å². The summed E-state index contributed by atoms with van der Waals surface area (Å²) in [7, 11) is 1.66. The molecule has 0 fully saturated rings. The number of rotatable bonds is 9. The van der Waals surface area contributed by atoms with Gasteiger partial charge in [0.15, 0.2) is 5.13 Å². The fourth-order valence-corrected chi connectivity index (χ4v) is 4.78. The second-order valence-corrected chi connectivity index (χ2v) is 8.37. The quantitative estimate of drug-likeness (QED) is 0.447. The van der Waals surface area contributed by atoms with Crippen molar-refractivity contribution in [1.29, 1.82) is 0 Å². The highest BCUT2D eigenvalue weighted by atomic mass is 32.2. The van der Waals surface area contributed by atoms with Gasteiger partial charge in [0.25, 0.3) is 5.91 Å². The number of anilines is 1. The minimum atomic E-state index is -0.00636. The SMILES string of the molecule is CCN(CC)CCN(C(=O)c1ccccc1SC)c1nc2ccc(OC)cc2s1. The molecule has 0 aliphatic heterocycles. The van der Waals surface area contributed by atoms with Gasteiger partial charge in [0, 0.05) is 18.0 Å². The second-order valence-electron chi connectivity index (χ2n) is 6.51. The normalized spacial score (nSPS) is 11.2. The Morgan fingerprint density at radius 2 is 1.90 bits per heavy atom. The molecule has 0 spiro atoms. The topological polar surface area (TPSA) is 45.7 Å². The lowest BCUT2D eigenvalue weighted by Crippen LogP contribution is -2.39. The molecular weight excluding hydrogens is 402 g/mol. The van der Waals surface area contributed by atoms with Crippen molar-refractivity contribution >= 4 is 44.4 Å². The summed E-state index contributed by atoms with van der Waals surface area (Å²) >= 11 is 3.12. The number of amides is 1. The first-order valence-corrected chi connectivity index (χ1v) is 11.8. The zero-order chi connectivity index (χ0) is 20.8. The van der Waals surface area contributed by atoms with E-state index in [1.165, 1.54) is 11.3 Å². The third kappa shape index (κ3) is 4.91. The predicted molar refractivity (Wildman–Crippen MR) is 124 cm³/mol. The van der Waals surface area contributed by atoms with Gasteiger partial charge in [-0.3, -0.25) is 9.69 Å². The van der Waals surface area contributed by atoms with Crippen LogP contribution in [0.15, 0.2) is 47.4 Å². The van der Waals surface area contributed by atoms with Crippen molar-refractivity contribution in [3.8, 4) is 5.75 Å². The van der Waals surface area contributed by atoms with Crippen LogP contribution < -0.4 is 9.64 Å². The number of carbonyl (C=O) groups is 1. The van der Waals surface area contributed by atoms with Crippen LogP contribution in [0.4, 0.5) is 5.13 Å². The van der Waals surface area contributed by atoms with Crippen LogP contribution in [0.25, 0.3) is 10.2 Å². The van der Waals surface area contributed by atoms with Gasteiger partial charge in [-0.05, 0) is 49.7 Å². The van der Waals surface area contributed by atoms with Crippen LogP contribution in [0.3, 0.4) is 0 Å². The molecule has 0 saturated carbocycles. The van der Waals surface area contributed by atoms with Crippen molar-refractivity contribution in [2.75, 3.05) is 44.4 Å². The summed E-state index contributed by atoms with van der Waals surface area (Å²) in [5.74, 6) is 0.787. The molecule has 7 heteroatoms. The lowest BCUT2D eigenvalue weighted by atomic mass is 10.2. The average molecular weight is 430 g/mol. The van der Waals surface area contributed by atoms with Crippen LogP contribution >= 0.6 is 23.1 Å². The van der Waals surface area contributed by atoms with Crippen LogP contribution in [0.1, 0.15) is 24.2 Å². The number of thioether (sulfide) groups is 1. The molecule has 3 aromatic rings. The highest BCUT2D eigenvalue weighted by Crippen LogP contribution is 2.33. The summed E-state index contributed by atoms with van der Waals surface area (Å²) in [5, 5.41) is 0.723. The van der Waals surface area contributed by atoms with Crippen LogP contribution in [0, 0.1) is 0 Å². The van der Waals surface area contributed by atoms with E-state index >= 15 is 0 Å². The van der Waals surface area contributed by atoms with E-state index in [2.05, 4.69) is 18.7 Å². The van der Waals surface area contributed by atoms with Gasteiger partial charge in [0.05, 0.1) is 22.9 Å². The summed E-state index contributed by atoms with van der Waals surface area (Å²) in [4.78, 5) is 23.4. The molecule has 0 unspecified atom stereocenters. The standard InChI is InChI=1S/C22H27N3O2S2/c1-5-24(6-2)13-14-25(21(26)17-9-7-8-10-19(17)28-4)22-23-18-12-11-16(27-3)15-20(18)29-22/h7-12,15H,5-6,13-14H2,1-4H3. The number of hydrogen-bond acceptors (Lipinski definition) is 6. The highest BCUT2D eigenvalue weighted by Gasteiger charge is 2.23. The minimum absolute atomic E-state index is 0.00636. The fraction of sp³-hybridized carbons (Fsp3) is 0.364. The largest absolute Gasteiger partial charge is 0.497 e. The number of benzene rings is 2. The van der Waals surface area contributed by atoms with Gasteiger partial charge in [-0.1, -0.05) is 37.3 Å².